The molecule has 0 aliphatic rings. The van der Waals surface area contributed by atoms with Crippen molar-refractivity contribution in [1.29, 1.82) is 0 Å². The molecule has 0 spiro atoms. The molecule has 0 saturated heterocycles. The van der Waals surface area contributed by atoms with Crippen LogP contribution in [-0.2, 0) is 0 Å². The van der Waals surface area contributed by atoms with Gasteiger partial charge in [-0.05, 0) is 25.1 Å². The molecule has 21 heavy (non-hydrogen) atoms. The Balaban J connectivity index is 2.04. The maximum Gasteiger partial charge on any atom is 0.226 e. The predicted octanol–water partition coefficient (Wildman–Crippen LogP) is 3.84. The van der Waals surface area contributed by atoms with Gasteiger partial charge >= 0.3 is 0 Å². The Bertz CT molecular complexity index is 765. The van der Waals surface area contributed by atoms with Gasteiger partial charge in [-0.3, -0.25) is 0 Å². The molecule has 1 aromatic carbocycles. The van der Waals surface area contributed by atoms with Crippen molar-refractivity contribution in [2.45, 2.75) is 6.92 Å². The highest BCUT2D eigenvalue weighted by molar-refractivity contribution is 6.35. The fourth-order valence-corrected chi connectivity index (χ4v) is 2.45. The molecule has 0 bridgehead atoms. The van der Waals surface area contributed by atoms with E-state index in [0.29, 0.717) is 33.0 Å². The average molecular weight is 323 g/mol. The Morgan fingerprint density at radius 2 is 1.90 bits per heavy atom. The summed E-state index contributed by atoms with van der Waals surface area (Å²) < 4.78 is 0. The van der Waals surface area contributed by atoms with Crippen LogP contribution >= 0.6 is 23.2 Å². The minimum atomic E-state index is 0.507. The maximum absolute atomic E-state index is 6.00. The zero-order chi connectivity index (χ0) is 14.8. The third-order valence-corrected chi connectivity index (χ3v) is 3.18. The van der Waals surface area contributed by atoms with Crippen LogP contribution in [0, 0.1) is 0 Å². The minimum absolute atomic E-state index is 0.507. The van der Waals surface area contributed by atoms with Gasteiger partial charge in [0, 0.05) is 22.3 Å². The Hall–Kier alpha value is -2.05. The number of nitrogens with one attached hydrogen (secondary N) is 3. The van der Waals surface area contributed by atoms with E-state index < -0.39 is 0 Å². The van der Waals surface area contributed by atoms with E-state index in [-0.39, 0.29) is 0 Å². The Labute approximate surface area is 130 Å². The van der Waals surface area contributed by atoms with E-state index in [4.69, 9.17) is 23.2 Å². The first-order valence-electron chi connectivity index (χ1n) is 6.34. The number of anilines is 3. The molecule has 0 radical (unpaired) electrons. The van der Waals surface area contributed by atoms with Crippen molar-refractivity contribution in [3.05, 3.63) is 34.6 Å². The van der Waals surface area contributed by atoms with E-state index in [9.17, 15) is 0 Å². The van der Waals surface area contributed by atoms with Crippen molar-refractivity contribution in [2.24, 2.45) is 0 Å². The Kier molecular flexibility index (Phi) is 3.81. The lowest BCUT2D eigenvalue weighted by Crippen LogP contribution is -2.05. The van der Waals surface area contributed by atoms with Crippen molar-refractivity contribution in [3.8, 4) is 0 Å². The number of hydrogen-bond donors (Lipinski definition) is 3. The summed E-state index contributed by atoms with van der Waals surface area (Å²) in [4.78, 5) is 15.9. The highest BCUT2D eigenvalue weighted by atomic mass is 35.5. The highest BCUT2D eigenvalue weighted by Crippen LogP contribution is 2.27. The van der Waals surface area contributed by atoms with E-state index in [0.717, 1.165) is 12.2 Å². The van der Waals surface area contributed by atoms with Crippen molar-refractivity contribution in [2.75, 3.05) is 17.2 Å². The third-order valence-electron chi connectivity index (χ3n) is 2.75. The molecule has 6 nitrogen and oxygen atoms in total. The molecule has 0 atom stereocenters. The zero-order valence-electron chi connectivity index (χ0n) is 11.1. The van der Waals surface area contributed by atoms with Gasteiger partial charge < -0.3 is 15.6 Å². The van der Waals surface area contributed by atoms with Crippen LogP contribution in [0.3, 0.4) is 0 Å². The van der Waals surface area contributed by atoms with E-state index in [1.165, 1.54) is 0 Å². The molecule has 0 saturated carbocycles. The van der Waals surface area contributed by atoms with Gasteiger partial charge in [0.05, 0.1) is 6.33 Å². The summed E-state index contributed by atoms with van der Waals surface area (Å²) in [6.07, 6.45) is 1.57. The number of imidazole rings is 1. The number of halogens is 2. The van der Waals surface area contributed by atoms with Crippen molar-refractivity contribution in [1.82, 2.24) is 19.9 Å². The predicted molar refractivity (Wildman–Crippen MR) is 85.6 cm³/mol. The van der Waals surface area contributed by atoms with Gasteiger partial charge in [0.15, 0.2) is 11.5 Å². The minimum Gasteiger partial charge on any atom is -0.354 e. The van der Waals surface area contributed by atoms with Crippen LogP contribution in [0.5, 0.6) is 0 Å². The van der Waals surface area contributed by atoms with E-state index in [1.54, 1.807) is 24.5 Å². The van der Waals surface area contributed by atoms with Crippen molar-refractivity contribution >= 4 is 51.8 Å². The number of benzene rings is 1. The lowest BCUT2D eigenvalue weighted by Gasteiger charge is -2.09. The summed E-state index contributed by atoms with van der Waals surface area (Å²) in [6.45, 7) is 2.69. The highest BCUT2D eigenvalue weighted by Gasteiger charge is 2.10. The topological polar surface area (TPSA) is 78.5 Å². The normalized spacial score (nSPS) is 10.8. The van der Waals surface area contributed by atoms with Crippen LogP contribution in [0.15, 0.2) is 24.5 Å². The van der Waals surface area contributed by atoms with Gasteiger partial charge in [-0.25, -0.2) is 4.98 Å². The van der Waals surface area contributed by atoms with Crippen LogP contribution in [0.4, 0.5) is 17.5 Å². The molecule has 3 rings (SSSR count). The van der Waals surface area contributed by atoms with E-state index in [1.807, 2.05) is 6.92 Å². The molecule has 3 aromatic rings. The number of H-pyrrole nitrogens is 1. The van der Waals surface area contributed by atoms with Crippen LogP contribution in [0.1, 0.15) is 6.92 Å². The zero-order valence-corrected chi connectivity index (χ0v) is 12.6. The molecule has 0 fully saturated rings. The third kappa shape index (κ3) is 3.01. The van der Waals surface area contributed by atoms with E-state index in [2.05, 4.69) is 30.6 Å². The van der Waals surface area contributed by atoms with Crippen LogP contribution in [-0.4, -0.2) is 26.5 Å². The monoisotopic (exact) mass is 322 g/mol. The first-order valence-corrected chi connectivity index (χ1v) is 7.09. The molecule has 2 aromatic heterocycles. The van der Waals surface area contributed by atoms with Gasteiger partial charge in [-0.2, -0.15) is 9.97 Å². The summed E-state index contributed by atoms with van der Waals surface area (Å²) >= 11 is 12.0. The SMILES string of the molecule is CCNc1nc(Nc2cc(Cl)cc(Cl)c2)c2[nH]cnc2n1. The standard InChI is InChI=1S/C13H12Cl2N6/c1-2-16-13-20-11-10(17-6-18-11)12(21-13)19-9-4-7(14)3-8(15)5-9/h3-6H,2H2,1H3,(H3,16,17,18,19,20,21). The molecule has 108 valence electrons. The van der Waals surface area contributed by atoms with Gasteiger partial charge in [-0.1, -0.05) is 23.2 Å². The fraction of sp³-hybridized carbons (Fsp3) is 0.154. The molecule has 0 aliphatic carbocycles. The smallest absolute Gasteiger partial charge is 0.226 e. The quantitative estimate of drug-likeness (QED) is 0.680. The maximum atomic E-state index is 6.00. The number of fused-ring (bicyclic) bond motifs is 1. The second-order valence-corrected chi connectivity index (χ2v) is 5.18. The molecule has 0 aliphatic heterocycles. The number of rotatable bonds is 4. The number of aromatic amines is 1. The molecule has 2 heterocycles. The van der Waals surface area contributed by atoms with Crippen molar-refractivity contribution in [3.63, 3.8) is 0 Å². The van der Waals surface area contributed by atoms with Crippen LogP contribution in [0.2, 0.25) is 10.0 Å². The summed E-state index contributed by atoms with van der Waals surface area (Å²) in [5, 5.41) is 7.35. The summed E-state index contributed by atoms with van der Waals surface area (Å²) in [7, 11) is 0. The van der Waals surface area contributed by atoms with Crippen LogP contribution in [0.25, 0.3) is 11.2 Å². The fourth-order valence-electron chi connectivity index (χ4n) is 1.92. The second kappa shape index (κ2) is 5.75. The Morgan fingerprint density at radius 1 is 1.14 bits per heavy atom. The van der Waals surface area contributed by atoms with Gasteiger partial charge in [0.1, 0.15) is 5.52 Å². The molecular formula is C13H12Cl2N6. The van der Waals surface area contributed by atoms with Gasteiger partial charge in [-0.15, -0.1) is 0 Å². The molecule has 0 unspecified atom stereocenters. The molecule has 0 amide bonds. The first-order chi connectivity index (χ1) is 10.2. The Morgan fingerprint density at radius 3 is 2.62 bits per heavy atom. The number of nitrogens with zero attached hydrogens (tertiary/aromatic N) is 3. The molecular weight excluding hydrogens is 311 g/mol. The summed E-state index contributed by atoms with van der Waals surface area (Å²) in [5.41, 5.74) is 2.04. The van der Waals surface area contributed by atoms with Crippen molar-refractivity contribution < 1.29 is 0 Å². The molecule has 8 heteroatoms. The lowest BCUT2D eigenvalue weighted by atomic mass is 10.3. The lowest BCUT2D eigenvalue weighted by molar-refractivity contribution is 1.10. The van der Waals surface area contributed by atoms with Crippen LogP contribution < -0.4 is 10.6 Å². The summed E-state index contributed by atoms with van der Waals surface area (Å²) in [6, 6.07) is 5.21. The average Bonchev–Trinajstić information content (AvgIpc) is 2.86. The largest absolute Gasteiger partial charge is 0.354 e. The van der Waals surface area contributed by atoms with Gasteiger partial charge in [0.2, 0.25) is 5.95 Å². The number of aromatic nitrogens is 4. The van der Waals surface area contributed by atoms with Gasteiger partial charge in [0.25, 0.3) is 0 Å². The number of hydrogen-bond acceptors (Lipinski definition) is 5. The first kappa shape index (κ1) is 13.9. The van der Waals surface area contributed by atoms with E-state index >= 15 is 0 Å². The second-order valence-electron chi connectivity index (χ2n) is 4.31. The molecule has 3 N–H and O–H groups in total. The summed E-state index contributed by atoms with van der Waals surface area (Å²) in [5.74, 6) is 1.11.